The van der Waals surface area contributed by atoms with Crippen molar-refractivity contribution in [2.24, 2.45) is 0 Å². The van der Waals surface area contributed by atoms with E-state index in [4.69, 9.17) is 46.4 Å². The van der Waals surface area contributed by atoms with Crippen LogP contribution in [-0.2, 0) is 0 Å². The third-order valence-electron chi connectivity index (χ3n) is 0.386. The van der Waals surface area contributed by atoms with Gasteiger partial charge in [0.1, 0.15) is 0 Å². The van der Waals surface area contributed by atoms with Gasteiger partial charge in [0, 0.05) is 6.42 Å². The quantitative estimate of drug-likeness (QED) is 0.631. The summed E-state index contributed by atoms with van der Waals surface area (Å²) in [5.41, 5.74) is 0. The molecule has 0 radical (unpaired) electrons. The van der Waals surface area contributed by atoms with Crippen LogP contribution in [0.5, 0.6) is 0 Å². The number of hydrogen-bond donors (Lipinski definition) is 0. The molecule has 0 bridgehead atoms. The summed E-state index contributed by atoms with van der Waals surface area (Å²) in [5, 5.41) is 0. The van der Waals surface area contributed by atoms with E-state index < -0.39 is 3.79 Å². The molecule has 0 rings (SSSR count). The Hall–Kier alpha value is 1.64. The fourth-order valence-electron chi connectivity index (χ4n) is 0.175. The Morgan fingerprint density at radius 3 is 1.75 bits per heavy atom. The minimum absolute atomic E-state index is 0.269. The maximum absolute atomic E-state index is 5.43. The van der Waals surface area contributed by atoms with E-state index in [-0.39, 0.29) is 4.29 Å². The standard InChI is InChI=1S/C3H3BrCl4/c4-2(5)1-3(6,7)8/h2H,1H2. The smallest absolute Gasteiger partial charge is 0.110 e. The van der Waals surface area contributed by atoms with Crippen LogP contribution in [0.2, 0.25) is 0 Å². The summed E-state index contributed by atoms with van der Waals surface area (Å²) in [7, 11) is 0. The summed E-state index contributed by atoms with van der Waals surface area (Å²) in [4.78, 5) is 0. The van der Waals surface area contributed by atoms with Crippen molar-refractivity contribution in [1.29, 1.82) is 0 Å². The molecule has 8 heavy (non-hydrogen) atoms. The van der Waals surface area contributed by atoms with Crippen LogP contribution in [-0.4, -0.2) is 8.08 Å². The van der Waals surface area contributed by atoms with Gasteiger partial charge >= 0.3 is 0 Å². The number of hydrogen-bond acceptors (Lipinski definition) is 0. The molecular weight excluding hydrogens is 258 g/mol. The van der Waals surface area contributed by atoms with Crippen LogP contribution in [0.3, 0.4) is 0 Å². The van der Waals surface area contributed by atoms with Gasteiger partial charge in [-0.15, -0.1) is 11.6 Å². The summed E-state index contributed by atoms with van der Waals surface area (Å²) in [6, 6.07) is 0. The van der Waals surface area contributed by atoms with Gasteiger partial charge in [-0.3, -0.25) is 0 Å². The molecule has 0 N–H and O–H groups in total. The van der Waals surface area contributed by atoms with E-state index in [1.807, 2.05) is 0 Å². The van der Waals surface area contributed by atoms with Crippen LogP contribution < -0.4 is 0 Å². The molecule has 0 aromatic carbocycles. The van der Waals surface area contributed by atoms with Gasteiger partial charge in [-0.2, -0.15) is 0 Å². The van der Waals surface area contributed by atoms with Crippen LogP contribution in [0, 0.1) is 0 Å². The summed E-state index contributed by atoms with van der Waals surface area (Å²) < 4.78 is -1.51. The normalized spacial score (nSPS) is 16.1. The summed E-state index contributed by atoms with van der Waals surface area (Å²) in [6.07, 6.45) is 0.305. The molecule has 0 aliphatic rings. The summed E-state index contributed by atoms with van der Waals surface area (Å²) in [6.45, 7) is 0. The Morgan fingerprint density at radius 1 is 1.38 bits per heavy atom. The molecule has 0 saturated heterocycles. The van der Waals surface area contributed by atoms with Crippen LogP contribution >= 0.6 is 62.3 Å². The topological polar surface area (TPSA) is 0 Å². The zero-order chi connectivity index (χ0) is 6.78. The molecule has 0 aromatic heterocycles. The summed E-state index contributed by atoms with van der Waals surface area (Å²) in [5.74, 6) is 0. The van der Waals surface area contributed by atoms with Crippen LogP contribution in [0.1, 0.15) is 6.42 Å². The average molecular weight is 261 g/mol. The monoisotopic (exact) mass is 258 g/mol. The molecule has 0 aliphatic carbocycles. The first-order valence-corrected chi connectivity index (χ1v) is 4.25. The summed E-state index contributed by atoms with van der Waals surface area (Å²) >= 11 is 24.5. The first-order chi connectivity index (χ1) is 3.42. The van der Waals surface area contributed by atoms with Crippen molar-refractivity contribution in [3.8, 4) is 0 Å². The van der Waals surface area contributed by atoms with Crippen molar-refractivity contribution >= 4 is 62.3 Å². The predicted octanol–water partition coefficient (Wildman–Crippen LogP) is 3.71. The van der Waals surface area contributed by atoms with Crippen molar-refractivity contribution in [3.63, 3.8) is 0 Å². The molecule has 0 nitrogen and oxygen atoms in total. The predicted molar refractivity (Wildman–Crippen MR) is 43.5 cm³/mol. The van der Waals surface area contributed by atoms with Crippen molar-refractivity contribution in [2.75, 3.05) is 0 Å². The van der Waals surface area contributed by atoms with E-state index in [0.29, 0.717) is 6.42 Å². The molecule has 0 amide bonds. The van der Waals surface area contributed by atoms with Gasteiger partial charge in [-0.05, 0) is 0 Å². The van der Waals surface area contributed by atoms with Gasteiger partial charge < -0.3 is 0 Å². The first kappa shape index (κ1) is 9.64. The van der Waals surface area contributed by atoms with Crippen molar-refractivity contribution in [1.82, 2.24) is 0 Å². The van der Waals surface area contributed by atoms with E-state index in [9.17, 15) is 0 Å². The van der Waals surface area contributed by atoms with Gasteiger partial charge in [0.05, 0.1) is 4.29 Å². The third-order valence-corrected chi connectivity index (χ3v) is 1.33. The Labute approximate surface area is 76.5 Å². The second-order valence-electron chi connectivity index (χ2n) is 1.21. The number of alkyl halides is 5. The van der Waals surface area contributed by atoms with Crippen LogP contribution in [0.15, 0.2) is 0 Å². The van der Waals surface area contributed by atoms with E-state index in [0.717, 1.165) is 0 Å². The maximum atomic E-state index is 5.43. The lowest BCUT2D eigenvalue weighted by Gasteiger charge is -2.09. The minimum atomic E-state index is -1.24. The highest BCUT2D eigenvalue weighted by molar-refractivity contribution is 9.10. The molecule has 0 aliphatic heterocycles. The fraction of sp³-hybridized carbons (Fsp3) is 1.00. The molecule has 50 valence electrons. The molecule has 0 heterocycles. The van der Waals surface area contributed by atoms with Gasteiger partial charge in [0.15, 0.2) is 3.79 Å². The maximum Gasteiger partial charge on any atom is 0.192 e. The van der Waals surface area contributed by atoms with Crippen molar-refractivity contribution < 1.29 is 0 Å². The average Bonchev–Trinajstić information content (AvgIpc) is 1.21. The second kappa shape index (κ2) is 3.72. The lowest BCUT2D eigenvalue weighted by Crippen LogP contribution is -2.05. The van der Waals surface area contributed by atoms with Crippen LogP contribution in [0.25, 0.3) is 0 Å². The van der Waals surface area contributed by atoms with Gasteiger partial charge in [-0.1, -0.05) is 50.7 Å². The third kappa shape index (κ3) is 7.64. The SMILES string of the molecule is ClC(Br)CC(Cl)(Cl)Cl. The van der Waals surface area contributed by atoms with Gasteiger partial charge in [-0.25, -0.2) is 0 Å². The first-order valence-electron chi connectivity index (χ1n) is 1.77. The highest BCUT2D eigenvalue weighted by atomic mass is 79.9. The van der Waals surface area contributed by atoms with Crippen LogP contribution in [0.4, 0.5) is 0 Å². The largest absolute Gasteiger partial charge is 0.192 e. The van der Waals surface area contributed by atoms with Gasteiger partial charge in [0.2, 0.25) is 0 Å². The number of halogens is 5. The molecule has 1 unspecified atom stereocenters. The molecule has 0 fully saturated rings. The molecular formula is C3H3BrCl4. The lowest BCUT2D eigenvalue weighted by molar-refractivity contribution is 0.955. The van der Waals surface area contributed by atoms with E-state index >= 15 is 0 Å². The second-order valence-corrected chi connectivity index (χ2v) is 5.89. The van der Waals surface area contributed by atoms with Crippen molar-refractivity contribution in [2.45, 2.75) is 14.5 Å². The Bertz CT molecular complexity index is 66.2. The van der Waals surface area contributed by atoms with Gasteiger partial charge in [0.25, 0.3) is 0 Å². The molecule has 0 saturated carbocycles. The lowest BCUT2D eigenvalue weighted by atomic mass is 10.6. The number of rotatable bonds is 1. The fourth-order valence-corrected chi connectivity index (χ4v) is 2.15. The Kier molecular flexibility index (Phi) is 4.49. The Balaban J connectivity index is 3.39. The Morgan fingerprint density at radius 2 is 1.75 bits per heavy atom. The molecule has 0 spiro atoms. The highest BCUT2D eigenvalue weighted by Crippen LogP contribution is 2.34. The molecule has 0 aromatic rings. The van der Waals surface area contributed by atoms with E-state index in [1.165, 1.54) is 0 Å². The highest BCUT2D eigenvalue weighted by Gasteiger charge is 2.22. The molecule has 1 atom stereocenters. The molecule has 5 heteroatoms. The zero-order valence-electron chi connectivity index (χ0n) is 3.67. The van der Waals surface area contributed by atoms with E-state index in [1.54, 1.807) is 0 Å². The van der Waals surface area contributed by atoms with E-state index in [2.05, 4.69) is 15.9 Å². The minimum Gasteiger partial charge on any atom is -0.110 e. The van der Waals surface area contributed by atoms with Crippen molar-refractivity contribution in [3.05, 3.63) is 0 Å². The zero-order valence-corrected chi connectivity index (χ0v) is 8.28.